The summed E-state index contributed by atoms with van der Waals surface area (Å²) in [7, 11) is 1.46. The van der Waals surface area contributed by atoms with Crippen LogP contribution in [0.5, 0.6) is 0 Å². The summed E-state index contributed by atoms with van der Waals surface area (Å²) in [5.41, 5.74) is 5.41. The molecule has 0 aromatic rings. The fourth-order valence-corrected chi connectivity index (χ4v) is 1.11. The maximum atomic E-state index is 11.6. The van der Waals surface area contributed by atoms with Crippen LogP contribution in [0.1, 0.15) is 13.3 Å². The van der Waals surface area contributed by atoms with Crippen molar-refractivity contribution in [2.45, 2.75) is 19.4 Å². The standard InChI is InChI=1S/C9H17N3O4/c1-3-12(5-7(13)11-2)9(16)6(10)4-8(14)15/h6H,3-5,10H2,1-2H3,(H,11,13)(H,14,15). The molecule has 7 nitrogen and oxygen atoms in total. The molecule has 0 aliphatic heterocycles. The molecule has 16 heavy (non-hydrogen) atoms. The number of nitrogens with two attached hydrogens (primary N) is 1. The Kier molecular flexibility index (Phi) is 6.09. The number of hydrogen-bond donors (Lipinski definition) is 3. The van der Waals surface area contributed by atoms with E-state index in [9.17, 15) is 14.4 Å². The second-order valence-corrected chi connectivity index (χ2v) is 3.23. The molecule has 0 aromatic carbocycles. The first-order chi connectivity index (χ1) is 7.42. The zero-order chi connectivity index (χ0) is 12.7. The highest BCUT2D eigenvalue weighted by molar-refractivity contribution is 5.89. The van der Waals surface area contributed by atoms with E-state index in [0.717, 1.165) is 0 Å². The van der Waals surface area contributed by atoms with Gasteiger partial charge in [-0.3, -0.25) is 14.4 Å². The molecule has 0 fully saturated rings. The molecule has 0 spiro atoms. The second-order valence-electron chi connectivity index (χ2n) is 3.23. The Morgan fingerprint density at radius 2 is 2.00 bits per heavy atom. The van der Waals surface area contributed by atoms with Gasteiger partial charge in [0.05, 0.1) is 19.0 Å². The smallest absolute Gasteiger partial charge is 0.305 e. The number of carbonyl (C=O) groups is 3. The quantitative estimate of drug-likeness (QED) is 0.508. The van der Waals surface area contributed by atoms with Crippen molar-refractivity contribution in [3.63, 3.8) is 0 Å². The summed E-state index contributed by atoms with van der Waals surface area (Å²) < 4.78 is 0. The van der Waals surface area contributed by atoms with Gasteiger partial charge >= 0.3 is 5.97 Å². The summed E-state index contributed by atoms with van der Waals surface area (Å²) in [5.74, 6) is -2.00. The molecule has 1 unspecified atom stereocenters. The SMILES string of the molecule is CCN(CC(=O)NC)C(=O)C(N)CC(=O)O. The molecule has 0 radical (unpaired) electrons. The van der Waals surface area contributed by atoms with Gasteiger partial charge in [0, 0.05) is 13.6 Å². The van der Waals surface area contributed by atoms with Crippen molar-refractivity contribution in [1.82, 2.24) is 10.2 Å². The third-order valence-electron chi connectivity index (χ3n) is 2.02. The molecule has 7 heteroatoms. The lowest BCUT2D eigenvalue weighted by Crippen LogP contribution is -2.48. The number of hydrogen-bond acceptors (Lipinski definition) is 4. The number of carboxylic acid groups (broad SMARTS) is 1. The van der Waals surface area contributed by atoms with E-state index in [0.29, 0.717) is 6.54 Å². The molecule has 0 rings (SSSR count). The first-order valence-corrected chi connectivity index (χ1v) is 4.89. The fraction of sp³-hybridized carbons (Fsp3) is 0.667. The summed E-state index contributed by atoms with van der Waals surface area (Å²) in [6.07, 6.45) is -0.441. The summed E-state index contributed by atoms with van der Waals surface area (Å²) in [4.78, 5) is 34.3. The lowest BCUT2D eigenvalue weighted by Gasteiger charge is -2.22. The highest BCUT2D eigenvalue weighted by Crippen LogP contribution is 1.97. The molecule has 0 saturated carbocycles. The topological polar surface area (TPSA) is 113 Å². The molecule has 0 saturated heterocycles. The van der Waals surface area contributed by atoms with Crippen LogP contribution in [0.25, 0.3) is 0 Å². The van der Waals surface area contributed by atoms with Crippen molar-refractivity contribution in [2.75, 3.05) is 20.1 Å². The highest BCUT2D eigenvalue weighted by Gasteiger charge is 2.23. The monoisotopic (exact) mass is 231 g/mol. The molecule has 0 bridgehead atoms. The number of nitrogens with one attached hydrogen (secondary N) is 1. The van der Waals surface area contributed by atoms with Crippen LogP contribution in [0.2, 0.25) is 0 Å². The van der Waals surface area contributed by atoms with E-state index < -0.39 is 24.3 Å². The first-order valence-electron chi connectivity index (χ1n) is 4.89. The molecule has 0 aliphatic carbocycles. The maximum Gasteiger partial charge on any atom is 0.305 e. The number of amides is 2. The van der Waals surface area contributed by atoms with Crippen molar-refractivity contribution in [3.8, 4) is 0 Å². The van der Waals surface area contributed by atoms with Gasteiger partial charge in [-0.2, -0.15) is 0 Å². The zero-order valence-electron chi connectivity index (χ0n) is 9.40. The Morgan fingerprint density at radius 3 is 2.38 bits per heavy atom. The number of nitrogens with zero attached hydrogens (tertiary/aromatic N) is 1. The molecule has 0 aliphatic rings. The minimum atomic E-state index is -1.14. The van der Waals surface area contributed by atoms with Crippen LogP contribution < -0.4 is 11.1 Å². The van der Waals surface area contributed by atoms with Gasteiger partial charge in [-0.1, -0.05) is 0 Å². The first kappa shape index (κ1) is 14.4. The van der Waals surface area contributed by atoms with Crippen LogP contribution in [0.4, 0.5) is 0 Å². The summed E-state index contributed by atoms with van der Waals surface area (Å²) >= 11 is 0. The van der Waals surface area contributed by atoms with Gasteiger partial charge in [0.25, 0.3) is 0 Å². The summed E-state index contributed by atoms with van der Waals surface area (Å²) in [6, 6.07) is -1.11. The average molecular weight is 231 g/mol. The Hall–Kier alpha value is -1.63. The average Bonchev–Trinajstić information content (AvgIpc) is 2.23. The number of rotatable bonds is 6. The minimum Gasteiger partial charge on any atom is -0.481 e. The van der Waals surface area contributed by atoms with Crippen molar-refractivity contribution in [2.24, 2.45) is 5.73 Å². The van der Waals surface area contributed by atoms with E-state index in [4.69, 9.17) is 10.8 Å². The zero-order valence-corrected chi connectivity index (χ0v) is 9.40. The van der Waals surface area contributed by atoms with Crippen LogP contribution in [0.3, 0.4) is 0 Å². The van der Waals surface area contributed by atoms with Gasteiger partial charge in [-0.05, 0) is 6.92 Å². The van der Waals surface area contributed by atoms with E-state index in [2.05, 4.69) is 5.32 Å². The molecular weight excluding hydrogens is 214 g/mol. The maximum absolute atomic E-state index is 11.6. The van der Waals surface area contributed by atoms with Crippen molar-refractivity contribution >= 4 is 17.8 Å². The normalized spacial score (nSPS) is 11.7. The van der Waals surface area contributed by atoms with Crippen LogP contribution in [0, 0.1) is 0 Å². The number of carbonyl (C=O) groups excluding carboxylic acids is 2. The van der Waals surface area contributed by atoms with Gasteiger partial charge in [0.2, 0.25) is 11.8 Å². The lowest BCUT2D eigenvalue weighted by molar-refractivity contribution is -0.142. The van der Waals surface area contributed by atoms with E-state index in [1.807, 2.05) is 0 Å². The van der Waals surface area contributed by atoms with Gasteiger partial charge in [0.1, 0.15) is 0 Å². The van der Waals surface area contributed by atoms with E-state index >= 15 is 0 Å². The fourth-order valence-electron chi connectivity index (χ4n) is 1.11. The lowest BCUT2D eigenvalue weighted by atomic mass is 10.2. The molecule has 92 valence electrons. The molecule has 1 atom stereocenters. The minimum absolute atomic E-state index is 0.112. The third kappa shape index (κ3) is 4.74. The predicted molar refractivity (Wildman–Crippen MR) is 56.5 cm³/mol. The van der Waals surface area contributed by atoms with E-state index in [1.54, 1.807) is 6.92 Å². The molecule has 4 N–H and O–H groups in total. The summed E-state index contributed by atoms with van der Waals surface area (Å²) in [6.45, 7) is 1.88. The van der Waals surface area contributed by atoms with Gasteiger partial charge < -0.3 is 21.1 Å². The van der Waals surface area contributed by atoms with Gasteiger partial charge in [-0.15, -0.1) is 0 Å². The number of aliphatic carboxylic acids is 1. The van der Waals surface area contributed by atoms with E-state index in [1.165, 1.54) is 11.9 Å². The summed E-state index contributed by atoms with van der Waals surface area (Å²) in [5, 5.41) is 10.9. The van der Waals surface area contributed by atoms with E-state index in [-0.39, 0.29) is 12.5 Å². The van der Waals surface area contributed by atoms with Crippen LogP contribution in [-0.2, 0) is 14.4 Å². The van der Waals surface area contributed by atoms with Crippen LogP contribution in [0.15, 0.2) is 0 Å². The number of carboxylic acids is 1. The Balaban J connectivity index is 4.40. The van der Waals surface area contributed by atoms with Crippen LogP contribution >= 0.6 is 0 Å². The van der Waals surface area contributed by atoms with Crippen molar-refractivity contribution in [3.05, 3.63) is 0 Å². The predicted octanol–water partition coefficient (Wildman–Crippen LogP) is -1.62. The highest BCUT2D eigenvalue weighted by atomic mass is 16.4. The molecular formula is C9H17N3O4. The largest absolute Gasteiger partial charge is 0.481 e. The number of likely N-dealkylation sites (N-methyl/N-ethyl adjacent to an activating group) is 2. The van der Waals surface area contributed by atoms with Crippen molar-refractivity contribution < 1.29 is 19.5 Å². The van der Waals surface area contributed by atoms with Gasteiger partial charge in [0.15, 0.2) is 0 Å². The second kappa shape index (κ2) is 6.78. The van der Waals surface area contributed by atoms with Crippen LogP contribution in [-0.4, -0.2) is 54.0 Å². The Bertz CT molecular complexity index is 280. The van der Waals surface area contributed by atoms with Crippen molar-refractivity contribution in [1.29, 1.82) is 0 Å². The molecule has 2 amide bonds. The molecule has 0 heterocycles. The Labute approximate surface area is 93.6 Å². The van der Waals surface area contributed by atoms with Gasteiger partial charge in [-0.25, -0.2) is 0 Å². The molecule has 0 aromatic heterocycles. The third-order valence-corrected chi connectivity index (χ3v) is 2.02. The Morgan fingerprint density at radius 1 is 1.44 bits per heavy atom.